The van der Waals surface area contributed by atoms with Crippen LogP contribution in [0.15, 0.2) is 52.4 Å². The number of nitrogens with one attached hydrogen (secondary N) is 1. The zero-order valence-corrected chi connectivity index (χ0v) is 15.7. The summed E-state index contributed by atoms with van der Waals surface area (Å²) in [5.74, 6) is 0.691. The smallest absolute Gasteiger partial charge is 0.286 e. The summed E-state index contributed by atoms with van der Waals surface area (Å²) in [5.41, 5.74) is 3.63. The zero-order valence-electron chi connectivity index (χ0n) is 14.2. The number of aryl methyl sites for hydroxylation is 2. The molecule has 0 unspecified atom stereocenters. The lowest BCUT2D eigenvalue weighted by atomic mass is 10.2. The summed E-state index contributed by atoms with van der Waals surface area (Å²) in [4.78, 5) is 21.4. The highest BCUT2D eigenvalue weighted by Crippen LogP contribution is 2.31. The number of imidazole rings is 1. The topological polar surface area (TPSA) is 59.3 Å². The van der Waals surface area contributed by atoms with Crippen LogP contribution in [0.5, 0.6) is 0 Å². The molecule has 26 heavy (non-hydrogen) atoms. The van der Waals surface area contributed by atoms with Gasteiger partial charge in [0.15, 0.2) is 5.17 Å². The van der Waals surface area contributed by atoms with Crippen LogP contribution in [-0.4, -0.2) is 20.6 Å². The predicted molar refractivity (Wildman–Crippen MR) is 109 cm³/mol. The Kier molecular flexibility index (Phi) is 4.30. The number of amides is 1. The maximum absolute atomic E-state index is 12.2. The molecule has 0 saturated heterocycles. The van der Waals surface area contributed by atoms with Gasteiger partial charge in [0.2, 0.25) is 0 Å². The summed E-state index contributed by atoms with van der Waals surface area (Å²) in [5, 5.41) is 4.20. The first-order chi connectivity index (χ1) is 12.5. The van der Waals surface area contributed by atoms with Gasteiger partial charge in [-0.25, -0.2) is 4.98 Å². The van der Waals surface area contributed by atoms with Crippen molar-refractivity contribution in [3.8, 4) is 0 Å². The largest absolute Gasteiger partial charge is 0.333 e. The number of hydrogen-bond donors (Lipinski definition) is 1. The summed E-state index contributed by atoms with van der Waals surface area (Å²) >= 11 is 7.44. The minimum atomic E-state index is -0.258. The highest BCUT2D eigenvalue weighted by Gasteiger charge is 2.22. The third kappa shape index (κ3) is 3.13. The van der Waals surface area contributed by atoms with Gasteiger partial charge in [0.25, 0.3) is 5.91 Å². The fourth-order valence-electron chi connectivity index (χ4n) is 2.71. The van der Waals surface area contributed by atoms with Crippen molar-refractivity contribution in [3.05, 3.63) is 63.8 Å². The Bertz CT molecular complexity index is 1100. The second-order valence-corrected chi connectivity index (χ2v) is 7.34. The fraction of sp³-hybridized carbons (Fsp3) is 0.105. The molecule has 130 valence electrons. The fourth-order valence-corrected chi connectivity index (χ4v) is 3.72. The molecule has 4 rings (SSSR count). The van der Waals surface area contributed by atoms with Crippen molar-refractivity contribution in [1.29, 1.82) is 0 Å². The first-order valence-corrected chi connectivity index (χ1v) is 9.18. The first kappa shape index (κ1) is 16.9. The van der Waals surface area contributed by atoms with Crippen LogP contribution in [0.3, 0.4) is 0 Å². The molecular formula is C19H15ClN4OS. The molecule has 1 N–H and O–H groups in total. The number of hydrogen-bond acceptors (Lipinski definition) is 4. The van der Waals surface area contributed by atoms with Crippen molar-refractivity contribution in [2.24, 2.45) is 12.0 Å². The van der Waals surface area contributed by atoms with Crippen LogP contribution in [0.25, 0.3) is 17.1 Å². The number of nitrogens with zero attached hydrogens (tertiary/aromatic N) is 3. The summed E-state index contributed by atoms with van der Waals surface area (Å²) in [6.07, 6.45) is 1.85. The Morgan fingerprint density at radius 1 is 1.23 bits per heavy atom. The average molecular weight is 383 g/mol. The summed E-state index contributed by atoms with van der Waals surface area (Å²) < 4.78 is 2.03. The number of fused-ring (bicyclic) bond motifs is 1. The van der Waals surface area contributed by atoms with E-state index in [1.165, 1.54) is 11.8 Å². The number of carbonyl (C=O) groups is 1. The van der Waals surface area contributed by atoms with E-state index in [1.54, 1.807) is 6.07 Å². The molecule has 0 radical (unpaired) electrons. The maximum atomic E-state index is 12.2. The van der Waals surface area contributed by atoms with Crippen LogP contribution in [0.1, 0.15) is 11.4 Å². The van der Waals surface area contributed by atoms with Crippen molar-refractivity contribution >= 4 is 57.2 Å². The number of aromatic nitrogens is 2. The van der Waals surface area contributed by atoms with E-state index in [-0.39, 0.29) is 5.91 Å². The lowest BCUT2D eigenvalue weighted by Gasteiger charge is -2.06. The molecule has 5 nitrogen and oxygen atoms in total. The van der Waals surface area contributed by atoms with E-state index in [0.29, 0.717) is 15.1 Å². The van der Waals surface area contributed by atoms with Crippen LogP contribution in [0.2, 0.25) is 5.02 Å². The Morgan fingerprint density at radius 2 is 2.04 bits per heavy atom. The van der Waals surface area contributed by atoms with Gasteiger partial charge in [0.05, 0.1) is 26.6 Å². The number of aliphatic imine (C=N–C) groups is 1. The van der Waals surface area contributed by atoms with Crippen LogP contribution < -0.4 is 5.32 Å². The van der Waals surface area contributed by atoms with Gasteiger partial charge < -0.3 is 9.88 Å². The number of benzene rings is 2. The van der Waals surface area contributed by atoms with Crippen LogP contribution in [0, 0.1) is 6.92 Å². The number of carbonyl (C=O) groups excluding carboxylic acids is 1. The van der Waals surface area contributed by atoms with Gasteiger partial charge in [-0.15, -0.1) is 0 Å². The normalized spacial score (nSPS) is 15.7. The third-order valence-electron chi connectivity index (χ3n) is 4.16. The molecule has 0 atom stereocenters. The number of anilines is 1. The third-order valence-corrected chi connectivity index (χ3v) is 5.39. The second kappa shape index (κ2) is 6.63. The summed E-state index contributed by atoms with van der Waals surface area (Å²) in [6.45, 7) is 1.97. The zero-order chi connectivity index (χ0) is 18.3. The van der Waals surface area contributed by atoms with Gasteiger partial charge in [-0.1, -0.05) is 29.8 Å². The lowest BCUT2D eigenvalue weighted by molar-refractivity contribution is -0.113. The Labute approximate surface area is 159 Å². The van der Waals surface area contributed by atoms with E-state index in [1.807, 2.05) is 61.0 Å². The molecule has 0 bridgehead atoms. The van der Waals surface area contributed by atoms with E-state index in [4.69, 9.17) is 11.6 Å². The standard InChI is InChI=1S/C19H15ClN4OS/c1-11-21-15-8-7-12(9-16(15)24(11)2)10-17-18(25)23-19(26-17)22-14-6-4-3-5-13(14)20/h3-10H,1-2H3,(H,22,23,25)/b17-10-. The maximum Gasteiger partial charge on any atom is 0.286 e. The molecule has 0 spiro atoms. The Hall–Kier alpha value is -2.57. The van der Waals surface area contributed by atoms with Crippen LogP contribution in [-0.2, 0) is 11.8 Å². The quantitative estimate of drug-likeness (QED) is 0.657. The molecular weight excluding hydrogens is 368 g/mol. The van der Waals surface area contributed by atoms with Gasteiger partial charge in [-0.3, -0.25) is 4.79 Å². The Morgan fingerprint density at radius 3 is 2.85 bits per heavy atom. The van der Waals surface area contributed by atoms with Gasteiger partial charge >= 0.3 is 0 Å². The van der Waals surface area contributed by atoms with Crippen molar-refractivity contribution in [1.82, 2.24) is 9.55 Å². The lowest BCUT2D eigenvalue weighted by Crippen LogP contribution is -2.04. The van der Waals surface area contributed by atoms with Gasteiger partial charge in [-0.05, 0) is 54.6 Å². The van der Waals surface area contributed by atoms with Crippen molar-refractivity contribution in [3.63, 3.8) is 0 Å². The highest BCUT2D eigenvalue weighted by atomic mass is 35.5. The minimum absolute atomic E-state index is 0.258. The molecule has 1 aliphatic rings. The SMILES string of the molecule is Cc1nc2ccc(/C=C3\SC(Nc4ccccc4Cl)=NC3=O)cc2n1C. The van der Waals surface area contributed by atoms with Gasteiger partial charge in [0, 0.05) is 7.05 Å². The molecule has 2 aromatic carbocycles. The van der Waals surface area contributed by atoms with Gasteiger partial charge in [0.1, 0.15) is 5.82 Å². The molecule has 0 aliphatic carbocycles. The van der Waals surface area contributed by atoms with Crippen LogP contribution >= 0.6 is 23.4 Å². The number of thioether (sulfide) groups is 1. The molecule has 0 fully saturated rings. The average Bonchev–Trinajstić information content (AvgIpc) is 3.10. The monoisotopic (exact) mass is 382 g/mol. The van der Waals surface area contributed by atoms with E-state index in [0.717, 1.165) is 28.1 Å². The predicted octanol–water partition coefficient (Wildman–Crippen LogP) is 4.62. The number of amidine groups is 1. The van der Waals surface area contributed by atoms with Crippen molar-refractivity contribution in [2.75, 3.05) is 5.32 Å². The van der Waals surface area contributed by atoms with E-state index < -0.39 is 0 Å². The summed E-state index contributed by atoms with van der Waals surface area (Å²) in [6, 6.07) is 13.3. The van der Waals surface area contributed by atoms with Crippen molar-refractivity contribution < 1.29 is 4.79 Å². The van der Waals surface area contributed by atoms with Crippen molar-refractivity contribution in [2.45, 2.75) is 6.92 Å². The number of para-hydroxylation sites is 1. The highest BCUT2D eigenvalue weighted by molar-refractivity contribution is 8.18. The molecule has 2 heterocycles. The molecule has 3 aromatic rings. The molecule has 0 saturated carbocycles. The number of rotatable bonds is 2. The number of halogens is 1. The summed E-state index contributed by atoms with van der Waals surface area (Å²) in [7, 11) is 1.98. The Balaban J connectivity index is 1.58. The van der Waals surface area contributed by atoms with E-state index in [2.05, 4.69) is 15.3 Å². The minimum Gasteiger partial charge on any atom is -0.333 e. The first-order valence-electron chi connectivity index (χ1n) is 7.98. The van der Waals surface area contributed by atoms with E-state index >= 15 is 0 Å². The second-order valence-electron chi connectivity index (χ2n) is 5.90. The molecule has 1 aromatic heterocycles. The molecule has 1 amide bonds. The molecule has 1 aliphatic heterocycles. The van der Waals surface area contributed by atoms with Gasteiger partial charge in [-0.2, -0.15) is 4.99 Å². The molecule has 7 heteroatoms. The van der Waals surface area contributed by atoms with Crippen LogP contribution in [0.4, 0.5) is 5.69 Å². The van der Waals surface area contributed by atoms with E-state index in [9.17, 15) is 4.79 Å².